The van der Waals surface area contributed by atoms with Crippen LogP contribution in [0, 0.1) is 0 Å². The Hall–Kier alpha value is -1.02. The van der Waals surface area contributed by atoms with Crippen molar-refractivity contribution in [3.05, 3.63) is 42.5 Å². The van der Waals surface area contributed by atoms with Gasteiger partial charge in [0.1, 0.15) is 0 Å². The summed E-state index contributed by atoms with van der Waals surface area (Å²) < 4.78 is 0. The van der Waals surface area contributed by atoms with Gasteiger partial charge in [-0.15, -0.1) is 0 Å². The van der Waals surface area contributed by atoms with Gasteiger partial charge in [-0.2, -0.15) is 0 Å². The predicted molar refractivity (Wildman–Crippen MR) is 53.7 cm³/mol. The summed E-state index contributed by atoms with van der Waals surface area (Å²) in [4.78, 5) is 11.5. The molecule has 0 fully saturated rings. The van der Waals surface area contributed by atoms with Gasteiger partial charge in [0.2, 0.25) is 0 Å². The van der Waals surface area contributed by atoms with Crippen molar-refractivity contribution in [1.82, 2.24) is 0 Å². The lowest BCUT2D eigenvalue weighted by Gasteiger charge is -2.00. The number of hydrogen-bond donors (Lipinski definition) is 0. The Morgan fingerprint density at radius 2 is 1.92 bits per heavy atom. The van der Waals surface area contributed by atoms with Gasteiger partial charge in [0.05, 0.1) is 0 Å². The second-order valence-electron chi connectivity index (χ2n) is 2.38. The van der Waals surface area contributed by atoms with Gasteiger partial charge >= 0.3 is 0 Å². The van der Waals surface area contributed by atoms with Crippen LogP contribution in [-0.2, 0) is 4.79 Å². The van der Waals surface area contributed by atoms with Crippen LogP contribution in [0.25, 0.3) is 4.91 Å². The van der Waals surface area contributed by atoms with E-state index in [-0.39, 0.29) is 5.12 Å². The summed E-state index contributed by atoms with van der Waals surface area (Å²) >= 11 is 1.17. The molecule has 0 saturated heterocycles. The zero-order valence-electron chi connectivity index (χ0n) is 6.91. The number of carbonyl (C=O) groups excluding carboxylic acids is 1. The Labute approximate surface area is 76.5 Å². The van der Waals surface area contributed by atoms with Crippen molar-refractivity contribution >= 4 is 21.8 Å². The molecule has 0 unspecified atom stereocenters. The van der Waals surface area contributed by atoms with Crippen LogP contribution in [0.4, 0.5) is 0 Å². The van der Waals surface area contributed by atoms with Gasteiger partial charge in [-0.1, -0.05) is 48.7 Å². The molecule has 2 heteroatoms. The maximum Gasteiger partial charge on any atom is 0.190 e. The van der Waals surface area contributed by atoms with Gasteiger partial charge in [-0.3, -0.25) is 4.79 Å². The van der Waals surface area contributed by atoms with Crippen molar-refractivity contribution in [2.75, 3.05) is 0 Å². The van der Waals surface area contributed by atoms with E-state index in [1.807, 2.05) is 30.3 Å². The molecule has 62 valence electrons. The second kappa shape index (κ2) is 4.12. The lowest BCUT2D eigenvalue weighted by atomic mass is 10.2. The maximum atomic E-state index is 10.7. The average molecular weight is 178 g/mol. The van der Waals surface area contributed by atoms with Crippen molar-refractivity contribution in [2.45, 2.75) is 6.92 Å². The van der Waals surface area contributed by atoms with Gasteiger partial charge in [-0.25, -0.2) is 0 Å². The van der Waals surface area contributed by atoms with E-state index in [0.717, 1.165) is 10.5 Å². The molecule has 0 bridgehead atoms. The van der Waals surface area contributed by atoms with E-state index >= 15 is 0 Å². The van der Waals surface area contributed by atoms with E-state index in [4.69, 9.17) is 0 Å². The lowest BCUT2D eigenvalue weighted by Crippen LogP contribution is -1.82. The van der Waals surface area contributed by atoms with Crippen molar-refractivity contribution in [1.29, 1.82) is 0 Å². The minimum atomic E-state index is 0.0730. The van der Waals surface area contributed by atoms with Gasteiger partial charge in [-0.05, 0) is 5.56 Å². The number of hydrogen-bond acceptors (Lipinski definition) is 2. The number of thioether (sulfide) groups is 1. The van der Waals surface area contributed by atoms with E-state index in [1.165, 1.54) is 11.8 Å². The van der Waals surface area contributed by atoms with Crippen LogP contribution >= 0.6 is 11.8 Å². The quantitative estimate of drug-likeness (QED) is 0.692. The molecule has 1 rings (SSSR count). The van der Waals surface area contributed by atoms with Crippen molar-refractivity contribution in [3.63, 3.8) is 0 Å². The van der Waals surface area contributed by atoms with Gasteiger partial charge in [0.15, 0.2) is 5.12 Å². The summed E-state index contributed by atoms with van der Waals surface area (Å²) in [5, 5.41) is 0.0730. The summed E-state index contributed by atoms with van der Waals surface area (Å²) in [5.74, 6) is 0. The summed E-state index contributed by atoms with van der Waals surface area (Å²) in [6.45, 7) is 5.35. The Morgan fingerprint density at radius 3 is 2.42 bits per heavy atom. The zero-order chi connectivity index (χ0) is 8.97. The Morgan fingerprint density at radius 1 is 1.33 bits per heavy atom. The third-order valence-corrected chi connectivity index (χ3v) is 2.13. The SMILES string of the molecule is C=C(SC(C)=O)c1ccccc1. The van der Waals surface area contributed by atoms with E-state index in [9.17, 15) is 4.79 Å². The summed E-state index contributed by atoms with van der Waals surface area (Å²) in [6.07, 6.45) is 0. The van der Waals surface area contributed by atoms with Crippen molar-refractivity contribution in [3.8, 4) is 0 Å². The third kappa shape index (κ3) is 2.55. The molecule has 12 heavy (non-hydrogen) atoms. The van der Waals surface area contributed by atoms with Crippen LogP contribution in [0.5, 0.6) is 0 Å². The lowest BCUT2D eigenvalue weighted by molar-refractivity contribution is -0.109. The van der Waals surface area contributed by atoms with Crippen LogP contribution in [0.3, 0.4) is 0 Å². The van der Waals surface area contributed by atoms with Crippen LogP contribution in [0.1, 0.15) is 12.5 Å². The smallest absolute Gasteiger partial charge is 0.190 e. The largest absolute Gasteiger partial charge is 0.287 e. The summed E-state index contributed by atoms with van der Waals surface area (Å²) in [6, 6.07) is 9.69. The first-order chi connectivity index (χ1) is 5.70. The molecule has 0 aliphatic heterocycles. The fourth-order valence-corrected chi connectivity index (χ4v) is 1.46. The van der Waals surface area contributed by atoms with Crippen LogP contribution in [0.2, 0.25) is 0 Å². The van der Waals surface area contributed by atoms with Gasteiger partial charge in [0.25, 0.3) is 0 Å². The van der Waals surface area contributed by atoms with Crippen LogP contribution < -0.4 is 0 Å². The molecule has 1 aromatic rings. The summed E-state index contributed by atoms with van der Waals surface area (Å²) in [5.41, 5.74) is 1.01. The average Bonchev–Trinajstić information content (AvgIpc) is 2.05. The molecule has 0 amide bonds. The highest BCUT2D eigenvalue weighted by atomic mass is 32.2. The fourth-order valence-electron chi connectivity index (χ4n) is 0.856. The van der Waals surface area contributed by atoms with Crippen LogP contribution in [-0.4, -0.2) is 5.12 Å². The van der Waals surface area contributed by atoms with Gasteiger partial charge in [0, 0.05) is 11.8 Å². The molecule has 1 nitrogen and oxygen atoms in total. The number of carbonyl (C=O) groups is 1. The molecular formula is C10H10OS. The maximum absolute atomic E-state index is 10.7. The van der Waals surface area contributed by atoms with Crippen molar-refractivity contribution < 1.29 is 4.79 Å². The monoisotopic (exact) mass is 178 g/mol. The van der Waals surface area contributed by atoms with E-state index in [0.29, 0.717) is 0 Å². The predicted octanol–water partition coefficient (Wildman–Crippen LogP) is 2.94. The highest BCUT2D eigenvalue weighted by Crippen LogP contribution is 2.25. The summed E-state index contributed by atoms with van der Waals surface area (Å²) in [7, 11) is 0. The first kappa shape index (κ1) is 9.07. The van der Waals surface area contributed by atoms with Crippen molar-refractivity contribution in [2.24, 2.45) is 0 Å². The minimum Gasteiger partial charge on any atom is -0.287 e. The van der Waals surface area contributed by atoms with Crippen LogP contribution in [0.15, 0.2) is 36.9 Å². The van der Waals surface area contributed by atoms with E-state index in [2.05, 4.69) is 6.58 Å². The first-order valence-corrected chi connectivity index (χ1v) is 4.44. The molecule has 0 spiro atoms. The molecule has 1 aromatic carbocycles. The molecule has 0 aliphatic carbocycles. The molecular weight excluding hydrogens is 168 g/mol. The topological polar surface area (TPSA) is 17.1 Å². The number of rotatable bonds is 2. The normalized spacial score (nSPS) is 9.42. The van der Waals surface area contributed by atoms with E-state index in [1.54, 1.807) is 6.92 Å². The van der Waals surface area contributed by atoms with Gasteiger partial charge < -0.3 is 0 Å². The number of benzene rings is 1. The molecule has 0 heterocycles. The molecule has 0 atom stereocenters. The molecule has 0 saturated carbocycles. The van der Waals surface area contributed by atoms with E-state index < -0.39 is 0 Å². The molecule has 0 aliphatic rings. The second-order valence-corrected chi connectivity index (χ2v) is 3.65. The molecule has 0 radical (unpaired) electrons. The minimum absolute atomic E-state index is 0.0730. The first-order valence-electron chi connectivity index (χ1n) is 3.63. The standard InChI is InChI=1S/C10H10OS/c1-8(12-9(2)11)10-6-4-3-5-7-10/h3-7H,1H2,2H3. The highest BCUT2D eigenvalue weighted by Gasteiger charge is 2.00. The third-order valence-electron chi connectivity index (χ3n) is 1.36. The highest BCUT2D eigenvalue weighted by molar-refractivity contribution is 8.21. The molecule has 0 N–H and O–H groups in total. The zero-order valence-corrected chi connectivity index (χ0v) is 7.73. The Bertz CT molecular complexity index is 290. The Balaban J connectivity index is 2.73. The Kier molecular flexibility index (Phi) is 3.11. The molecule has 0 aromatic heterocycles. The fraction of sp³-hybridized carbons (Fsp3) is 0.100.